The number of hydrogen-bond donors (Lipinski definition) is 2. The number of carboxylic acid groups (broad SMARTS) is 1. The minimum absolute atomic E-state index is 0.00236. The molecule has 0 spiro atoms. The zero-order valence-corrected chi connectivity index (χ0v) is 19.9. The fourth-order valence-corrected chi connectivity index (χ4v) is 5.19. The van der Waals surface area contributed by atoms with Crippen LogP contribution in [-0.2, 0) is 16.0 Å². The Morgan fingerprint density at radius 1 is 0.941 bits per heavy atom. The van der Waals surface area contributed by atoms with Crippen LogP contribution in [0.4, 0.5) is 0 Å². The van der Waals surface area contributed by atoms with Crippen molar-refractivity contribution in [3.63, 3.8) is 0 Å². The predicted octanol–water partition coefficient (Wildman–Crippen LogP) is 6.73. The van der Waals surface area contributed by atoms with Gasteiger partial charge in [0.2, 0.25) is 0 Å². The van der Waals surface area contributed by atoms with E-state index < -0.39 is 5.97 Å². The molecule has 0 aliphatic heterocycles. The Hall–Kier alpha value is -2.92. The van der Waals surface area contributed by atoms with Gasteiger partial charge in [-0.25, -0.2) is 0 Å². The highest BCUT2D eigenvalue weighted by molar-refractivity contribution is 6.31. The number of carbonyl (C=O) groups excluding carboxylic acids is 2. The molecule has 1 aliphatic carbocycles. The van der Waals surface area contributed by atoms with Crippen molar-refractivity contribution in [1.29, 1.82) is 0 Å². The van der Waals surface area contributed by atoms with E-state index in [0.29, 0.717) is 48.2 Å². The second-order valence-electron chi connectivity index (χ2n) is 9.46. The van der Waals surface area contributed by atoms with Gasteiger partial charge in [-0.05, 0) is 79.3 Å². The summed E-state index contributed by atoms with van der Waals surface area (Å²) in [6, 6.07) is 15.5. The maximum atomic E-state index is 12.5. The van der Waals surface area contributed by atoms with Crippen molar-refractivity contribution in [2.75, 3.05) is 0 Å². The largest absolute Gasteiger partial charge is 0.481 e. The van der Waals surface area contributed by atoms with E-state index in [1.54, 1.807) is 6.07 Å². The average Bonchev–Trinajstić information content (AvgIpc) is 3.23. The number of halogens is 1. The van der Waals surface area contributed by atoms with E-state index >= 15 is 0 Å². The molecule has 2 aromatic carbocycles. The molecule has 1 heterocycles. The molecule has 0 unspecified atom stereocenters. The first kappa shape index (κ1) is 24.2. The smallest absolute Gasteiger partial charge is 0.303 e. The average molecular weight is 480 g/mol. The summed E-state index contributed by atoms with van der Waals surface area (Å²) >= 11 is 6.01. The molecule has 5 nitrogen and oxygen atoms in total. The molecule has 1 aromatic heterocycles. The SMILES string of the molecule is O=C(O)CC1CCC(c2ccc(CC(=O)CCCC(=O)c3cc4cc(Cl)ccc4[nH]3)cc2)CC1. The van der Waals surface area contributed by atoms with E-state index in [4.69, 9.17) is 16.7 Å². The quantitative estimate of drug-likeness (QED) is 0.315. The molecule has 3 aromatic rings. The summed E-state index contributed by atoms with van der Waals surface area (Å²) in [4.78, 5) is 39.0. The lowest BCUT2D eigenvalue weighted by molar-refractivity contribution is -0.138. The van der Waals surface area contributed by atoms with Gasteiger partial charge in [-0.1, -0.05) is 35.9 Å². The second kappa shape index (κ2) is 11.0. The molecule has 1 fully saturated rings. The van der Waals surface area contributed by atoms with E-state index in [2.05, 4.69) is 17.1 Å². The van der Waals surface area contributed by atoms with Crippen LogP contribution in [0.5, 0.6) is 0 Å². The van der Waals surface area contributed by atoms with Gasteiger partial charge in [0.05, 0.1) is 5.69 Å². The molecule has 0 bridgehead atoms. The first-order valence-electron chi connectivity index (χ1n) is 12.0. The molecule has 0 amide bonds. The van der Waals surface area contributed by atoms with Crippen molar-refractivity contribution in [2.24, 2.45) is 5.92 Å². The topological polar surface area (TPSA) is 87.2 Å². The van der Waals surface area contributed by atoms with Crippen molar-refractivity contribution in [3.05, 3.63) is 70.4 Å². The fraction of sp³-hybridized carbons (Fsp3) is 0.393. The Labute approximate surface area is 204 Å². The zero-order valence-electron chi connectivity index (χ0n) is 19.2. The van der Waals surface area contributed by atoms with E-state index in [-0.39, 0.29) is 18.0 Å². The van der Waals surface area contributed by atoms with Crippen LogP contribution in [-0.4, -0.2) is 27.6 Å². The Balaban J connectivity index is 1.21. The van der Waals surface area contributed by atoms with Gasteiger partial charge >= 0.3 is 5.97 Å². The van der Waals surface area contributed by atoms with Crippen molar-refractivity contribution < 1.29 is 19.5 Å². The summed E-state index contributed by atoms with van der Waals surface area (Å²) in [6.07, 6.45) is 5.86. The summed E-state index contributed by atoms with van der Waals surface area (Å²) in [6.45, 7) is 0. The number of rotatable bonds is 10. The van der Waals surface area contributed by atoms with Crippen LogP contribution in [0, 0.1) is 5.92 Å². The van der Waals surface area contributed by atoms with Gasteiger partial charge < -0.3 is 10.1 Å². The highest BCUT2D eigenvalue weighted by Crippen LogP contribution is 2.37. The molecular weight excluding hydrogens is 450 g/mol. The van der Waals surface area contributed by atoms with Crippen molar-refractivity contribution in [2.45, 2.75) is 63.7 Å². The van der Waals surface area contributed by atoms with E-state index in [0.717, 1.165) is 42.1 Å². The summed E-state index contributed by atoms with van der Waals surface area (Å²) in [5.74, 6) is 0.208. The molecular formula is C28H30ClNO4. The minimum atomic E-state index is -0.704. The van der Waals surface area contributed by atoms with Gasteiger partial charge in [0.25, 0.3) is 0 Å². The van der Waals surface area contributed by atoms with Gasteiger partial charge in [-0.3, -0.25) is 14.4 Å². The third kappa shape index (κ3) is 6.35. The second-order valence-corrected chi connectivity index (χ2v) is 9.90. The zero-order chi connectivity index (χ0) is 24.1. The van der Waals surface area contributed by atoms with Gasteiger partial charge in [0.1, 0.15) is 5.78 Å². The Bertz CT molecular complexity index is 1170. The van der Waals surface area contributed by atoms with Crippen LogP contribution >= 0.6 is 11.6 Å². The lowest BCUT2D eigenvalue weighted by atomic mass is 9.77. The van der Waals surface area contributed by atoms with Gasteiger partial charge in [0, 0.05) is 41.6 Å². The van der Waals surface area contributed by atoms with E-state index in [1.165, 1.54) is 5.56 Å². The van der Waals surface area contributed by atoms with Crippen LogP contribution in [0.3, 0.4) is 0 Å². The molecule has 0 atom stereocenters. The number of fused-ring (bicyclic) bond motifs is 1. The number of carboxylic acids is 1. The standard InChI is InChI=1S/C28H30ClNO4/c29-23-12-13-25-22(16-23)17-26(30-25)27(32)3-1-2-24(31)14-18-4-8-20(9-5-18)21-10-6-19(7-11-21)15-28(33)34/h4-5,8-9,12-13,16-17,19,21,30H,1-3,6-7,10-11,14-15H2,(H,33,34). The third-order valence-electron chi connectivity index (χ3n) is 6.91. The molecule has 2 N–H and O–H groups in total. The number of Topliss-reactive ketones (excluding diaryl/α,β-unsaturated/α-hetero) is 2. The summed E-state index contributed by atoms with van der Waals surface area (Å²) in [5.41, 5.74) is 3.69. The summed E-state index contributed by atoms with van der Waals surface area (Å²) in [7, 11) is 0. The number of hydrogen-bond acceptors (Lipinski definition) is 3. The molecule has 6 heteroatoms. The van der Waals surface area contributed by atoms with Gasteiger partial charge in [0.15, 0.2) is 5.78 Å². The number of aliphatic carboxylic acids is 1. The third-order valence-corrected chi connectivity index (χ3v) is 7.14. The van der Waals surface area contributed by atoms with Gasteiger partial charge in [-0.2, -0.15) is 0 Å². The number of ketones is 2. The van der Waals surface area contributed by atoms with Crippen molar-refractivity contribution in [3.8, 4) is 0 Å². The van der Waals surface area contributed by atoms with Crippen LogP contribution in [0.1, 0.15) is 78.9 Å². The van der Waals surface area contributed by atoms with Gasteiger partial charge in [-0.15, -0.1) is 0 Å². The highest BCUT2D eigenvalue weighted by atomic mass is 35.5. The molecule has 0 radical (unpaired) electrons. The summed E-state index contributed by atoms with van der Waals surface area (Å²) in [5, 5.41) is 10.5. The van der Waals surface area contributed by atoms with Crippen molar-refractivity contribution >= 4 is 40.0 Å². The lowest BCUT2D eigenvalue weighted by Crippen LogP contribution is -2.16. The van der Waals surface area contributed by atoms with Crippen LogP contribution in [0.25, 0.3) is 10.9 Å². The molecule has 34 heavy (non-hydrogen) atoms. The number of benzene rings is 2. The Morgan fingerprint density at radius 3 is 2.38 bits per heavy atom. The van der Waals surface area contributed by atoms with Crippen molar-refractivity contribution in [1.82, 2.24) is 4.98 Å². The highest BCUT2D eigenvalue weighted by Gasteiger charge is 2.24. The maximum Gasteiger partial charge on any atom is 0.303 e. The van der Waals surface area contributed by atoms with E-state index in [1.807, 2.05) is 30.3 Å². The van der Waals surface area contributed by atoms with Crippen LogP contribution < -0.4 is 0 Å². The lowest BCUT2D eigenvalue weighted by Gasteiger charge is -2.28. The first-order chi connectivity index (χ1) is 16.4. The number of aromatic amines is 1. The van der Waals surface area contributed by atoms with E-state index in [9.17, 15) is 14.4 Å². The fourth-order valence-electron chi connectivity index (χ4n) is 5.01. The van der Waals surface area contributed by atoms with Crippen LogP contribution in [0.15, 0.2) is 48.5 Å². The number of carbonyl (C=O) groups is 3. The molecule has 178 valence electrons. The summed E-state index contributed by atoms with van der Waals surface area (Å²) < 4.78 is 0. The minimum Gasteiger partial charge on any atom is -0.481 e. The predicted molar refractivity (Wildman–Crippen MR) is 134 cm³/mol. The maximum absolute atomic E-state index is 12.5. The first-order valence-corrected chi connectivity index (χ1v) is 12.4. The number of nitrogens with one attached hydrogen (secondary N) is 1. The Morgan fingerprint density at radius 2 is 1.68 bits per heavy atom. The molecule has 1 aliphatic rings. The Kier molecular flexibility index (Phi) is 7.84. The molecule has 1 saturated carbocycles. The normalized spacial score (nSPS) is 18.1. The molecule has 4 rings (SSSR count). The molecule has 0 saturated heterocycles. The number of aromatic nitrogens is 1. The van der Waals surface area contributed by atoms with Crippen LogP contribution in [0.2, 0.25) is 5.02 Å². The number of H-pyrrole nitrogens is 1. The monoisotopic (exact) mass is 479 g/mol.